The Hall–Kier alpha value is -1.66. The van der Waals surface area contributed by atoms with Crippen molar-refractivity contribution in [3.8, 4) is 0 Å². The Bertz CT molecular complexity index is 540. The molecule has 140 valence electrons. The molecule has 25 heavy (non-hydrogen) atoms. The Labute approximate surface area is 157 Å². The van der Waals surface area contributed by atoms with Gasteiger partial charge in [0.25, 0.3) is 0 Å². The van der Waals surface area contributed by atoms with Crippen LogP contribution in [0.2, 0.25) is 0 Å². The van der Waals surface area contributed by atoms with E-state index < -0.39 is 0 Å². The van der Waals surface area contributed by atoms with Crippen molar-refractivity contribution in [2.75, 3.05) is 26.7 Å². The number of thiazole rings is 1. The fourth-order valence-corrected chi connectivity index (χ4v) is 3.44. The Morgan fingerprint density at radius 1 is 1.32 bits per heavy atom. The predicted octanol–water partition coefficient (Wildman–Crippen LogP) is 3.07. The Kier molecular flexibility index (Phi) is 10.1. The van der Waals surface area contributed by atoms with Gasteiger partial charge in [-0.1, -0.05) is 32.9 Å². The van der Waals surface area contributed by atoms with Crippen molar-refractivity contribution in [2.45, 2.75) is 39.8 Å². The third-order valence-corrected chi connectivity index (χ3v) is 5.17. The molecule has 0 fully saturated rings. The van der Waals surface area contributed by atoms with Gasteiger partial charge in [0.1, 0.15) is 5.01 Å². The molecule has 1 unspecified atom stereocenters. The van der Waals surface area contributed by atoms with E-state index in [0.29, 0.717) is 18.5 Å². The number of rotatable bonds is 11. The zero-order valence-electron chi connectivity index (χ0n) is 16.1. The van der Waals surface area contributed by atoms with E-state index in [1.165, 1.54) is 4.88 Å². The molecule has 1 aromatic rings. The van der Waals surface area contributed by atoms with Gasteiger partial charge in [-0.05, 0) is 12.3 Å². The average molecular weight is 364 g/mol. The van der Waals surface area contributed by atoms with Gasteiger partial charge in [0.05, 0.1) is 6.54 Å². The quantitative estimate of drug-likeness (QED) is 0.360. The lowest BCUT2D eigenvalue weighted by atomic mass is 10.0. The van der Waals surface area contributed by atoms with Crippen molar-refractivity contribution in [1.82, 2.24) is 20.5 Å². The smallest absolute Gasteiger partial charge is 0.191 e. The molecule has 0 saturated carbocycles. The SMILES string of the molecule is C=CCN(CC=C)C(CNC(=NC)NCc1ncc(CC)s1)C(C)C. The van der Waals surface area contributed by atoms with Crippen LogP contribution in [-0.2, 0) is 13.0 Å². The topological polar surface area (TPSA) is 52.5 Å². The average Bonchev–Trinajstić information content (AvgIpc) is 3.06. The summed E-state index contributed by atoms with van der Waals surface area (Å²) in [7, 11) is 1.80. The number of nitrogens with zero attached hydrogens (tertiary/aromatic N) is 3. The number of guanidine groups is 1. The normalized spacial score (nSPS) is 13.1. The molecule has 0 radical (unpaired) electrons. The minimum Gasteiger partial charge on any atom is -0.355 e. The predicted molar refractivity (Wildman–Crippen MR) is 110 cm³/mol. The summed E-state index contributed by atoms with van der Waals surface area (Å²) in [5.41, 5.74) is 0. The highest BCUT2D eigenvalue weighted by Gasteiger charge is 2.20. The van der Waals surface area contributed by atoms with Crippen LogP contribution >= 0.6 is 11.3 Å². The van der Waals surface area contributed by atoms with Gasteiger partial charge in [-0.2, -0.15) is 0 Å². The van der Waals surface area contributed by atoms with E-state index in [0.717, 1.165) is 37.0 Å². The van der Waals surface area contributed by atoms with Gasteiger partial charge in [0.15, 0.2) is 5.96 Å². The maximum absolute atomic E-state index is 4.44. The molecule has 0 aliphatic rings. The van der Waals surface area contributed by atoms with Gasteiger partial charge in [-0.15, -0.1) is 24.5 Å². The van der Waals surface area contributed by atoms with Crippen molar-refractivity contribution in [1.29, 1.82) is 0 Å². The molecule has 0 bridgehead atoms. The van der Waals surface area contributed by atoms with Crippen molar-refractivity contribution in [3.63, 3.8) is 0 Å². The molecule has 1 rings (SSSR count). The molecule has 1 aromatic heterocycles. The molecule has 0 aliphatic heterocycles. The fourth-order valence-electron chi connectivity index (χ4n) is 2.64. The van der Waals surface area contributed by atoms with E-state index >= 15 is 0 Å². The number of aliphatic imine (C=N–C) groups is 1. The van der Waals surface area contributed by atoms with Gasteiger partial charge >= 0.3 is 0 Å². The second kappa shape index (κ2) is 11.8. The maximum Gasteiger partial charge on any atom is 0.191 e. The first-order valence-corrected chi connectivity index (χ1v) is 9.71. The third-order valence-electron chi connectivity index (χ3n) is 4.02. The van der Waals surface area contributed by atoms with Gasteiger partial charge < -0.3 is 10.6 Å². The van der Waals surface area contributed by atoms with Crippen LogP contribution in [0.5, 0.6) is 0 Å². The monoisotopic (exact) mass is 363 g/mol. The lowest BCUT2D eigenvalue weighted by Gasteiger charge is -2.33. The first kappa shape index (κ1) is 21.4. The van der Waals surface area contributed by atoms with E-state index in [4.69, 9.17) is 0 Å². The minimum atomic E-state index is 0.376. The Morgan fingerprint density at radius 3 is 2.48 bits per heavy atom. The van der Waals surface area contributed by atoms with Crippen LogP contribution in [0.3, 0.4) is 0 Å². The highest BCUT2D eigenvalue weighted by atomic mass is 32.1. The first-order chi connectivity index (χ1) is 12.0. The van der Waals surface area contributed by atoms with Crippen molar-refractivity contribution in [2.24, 2.45) is 10.9 Å². The molecular weight excluding hydrogens is 330 g/mol. The van der Waals surface area contributed by atoms with Gasteiger partial charge in [-0.25, -0.2) is 4.98 Å². The zero-order chi connectivity index (χ0) is 18.7. The number of hydrogen-bond donors (Lipinski definition) is 2. The zero-order valence-corrected chi connectivity index (χ0v) is 16.9. The van der Waals surface area contributed by atoms with Crippen LogP contribution in [-0.4, -0.2) is 48.6 Å². The Balaban J connectivity index is 2.59. The highest BCUT2D eigenvalue weighted by Crippen LogP contribution is 2.13. The second-order valence-corrected chi connectivity index (χ2v) is 7.42. The molecule has 0 spiro atoms. The lowest BCUT2D eigenvalue weighted by molar-refractivity contribution is 0.190. The molecule has 0 aromatic carbocycles. The summed E-state index contributed by atoms with van der Waals surface area (Å²) in [6.07, 6.45) is 6.87. The highest BCUT2D eigenvalue weighted by molar-refractivity contribution is 7.11. The molecule has 2 N–H and O–H groups in total. The standard InChI is InChI=1S/C19H33N5S/c1-7-10-24(11-8-2)17(15(4)5)13-22-19(20-6)23-14-18-21-12-16(9-3)25-18/h7-8,12,15,17H,1-2,9-11,13-14H2,3-6H3,(H2,20,22,23). The summed E-state index contributed by atoms with van der Waals surface area (Å²) in [5, 5.41) is 7.88. The molecule has 0 aliphatic carbocycles. The number of aryl methyl sites for hydroxylation is 1. The van der Waals surface area contributed by atoms with Crippen LogP contribution in [0.25, 0.3) is 0 Å². The summed E-state index contributed by atoms with van der Waals surface area (Å²) in [6.45, 7) is 17.6. The second-order valence-electron chi connectivity index (χ2n) is 6.22. The number of aromatic nitrogens is 1. The molecule has 1 heterocycles. The van der Waals surface area contributed by atoms with Crippen LogP contribution in [0.4, 0.5) is 0 Å². The van der Waals surface area contributed by atoms with E-state index in [1.54, 1.807) is 18.4 Å². The summed E-state index contributed by atoms with van der Waals surface area (Å²) >= 11 is 1.75. The maximum atomic E-state index is 4.44. The van der Waals surface area contributed by atoms with E-state index in [1.807, 2.05) is 18.3 Å². The molecular formula is C19H33N5S. The minimum absolute atomic E-state index is 0.376. The summed E-state index contributed by atoms with van der Waals surface area (Å²) in [5.74, 6) is 1.31. The van der Waals surface area contributed by atoms with Crippen LogP contribution in [0.1, 0.15) is 30.7 Å². The van der Waals surface area contributed by atoms with Crippen molar-refractivity contribution < 1.29 is 0 Å². The largest absolute Gasteiger partial charge is 0.355 e. The van der Waals surface area contributed by atoms with Crippen molar-refractivity contribution in [3.05, 3.63) is 41.4 Å². The molecule has 0 amide bonds. The van der Waals surface area contributed by atoms with Crippen molar-refractivity contribution >= 4 is 17.3 Å². The molecule has 1 atom stereocenters. The van der Waals surface area contributed by atoms with Crippen LogP contribution in [0.15, 0.2) is 36.5 Å². The fraction of sp³-hybridized carbons (Fsp3) is 0.579. The first-order valence-electron chi connectivity index (χ1n) is 8.89. The summed E-state index contributed by atoms with van der Waals surface area (Å²) < 4.78 is 0. The summed E-state index contributed by atoms with van der Waals surface area (Å²) in [4.78, 5) is 12.4. The molecule has 0 saturated heterocycles. The van der Waals surface area contributed by atoms with Crippen LogP contribution in [0, 0.1) is 5.92 Å². The van der Waals surface area contributed by atoms with Gasteiger partial charge in [0.2, 0.25) is 0 Å². The van der Waals surface area contributed by atoms with Gasteiger partial charge in [0, 0.05) is 43.8 Å². The third kappa shape index (κ3) is 7.40. The van der Waals surface area contributed by atoms with Crippen LogP contribution < -0.4 is 10.6 Å². The van der Waals surface area contributed by atoms with E-state index in [-0.39, 0.29) is 0 Å². The molecule has 6 heteroatoms. The number of hydrogen-bond acceptors (Lipinski definition) is 4. The van der Waals surface area contributed by atoms with E-state index in [9.17, 15) is 0 Å². The lowest BCUT2D eigenvalue weighted by Crippen LogP contribution is -2.49. The van der Waals surface area contributed by atoms with E-state index in [2.05, 4.69) is 59.4 Å². The summed E-state index contributed by atoms with van der Waals surface area (Å²) in [6, 6.07) is 0.376. The molecule has 5 nitrogen and oxygen atoms in total. The number of nitrogens with one attached hydrogen (secondary N) is 2. The Morgan fingerprint density at radius 2 is 2.00 bits per heavy atom. The van der Waals surface area contributed by atoms with Gasteiger partial charge in [-0.3, -0.25) is 9.89 Å².